The Morgan fingerprint density at radius 3 is 2.46 bits per heavy atom. The molecule has 1 saturated carbocycles. The summed E-state index contributed by atoms with van der Waals surface area (Å²) >= 11 is 0. The first-order chi connectivity index (χ1) is 13.4. The molecule has 1 atom stereocenters. The normalized spacial score (nSPS) is 19.2. The molecule has 2 heterocycles. The number of carboxylic acid groups (broad SMARTS) is 1. The van der Waals surface area contributed by atoms with Crippen molar-refractivity contribution in [2.75, 3.05) is 24.6 Å². The lowest BCUT2D eigenvalue weighted by Gasteiger charge is -2.36. The van der Waals surface area contributed by atoms with Crippen LogP contribution >= 0.6 is 0 Å². The molecule has 0 radical (unpaired) electrons. The summed E-state index contributed by atoms with van der Waals surface area (Å²) in [7, 11) is 0. The summed E-state index contributed by atoms with van der Waals surface area (Å²) in [6.45, 7) is 3.33. The quantitative estimate of drug-likeness (QED) is 0.725. The number of fused-ring (bicyclic) bond motifs is 1. The van der Waals surface area contributed by atoms with Crippen LogP contribution in [-0.4, -0.2) is 51.7 Å². The summed E-state index contributed by atoms with van der Waals surface area (Å²) in [5.41, 5.74) is 2.25. The van der Waals surface area contributed by atoms with E-state index in [1.54, 1.807) is 6.07 Å². The molecule has 1 saturated heterocycles. The number of aromatic nitrogens is 1. The van der Waals surface area contributed by atoms with E-state index >= 15 is 0 Å². The zero-order valence-corrected chi connectivity index (χ0v) is 16.0. The Kier molecular flexibility index (Phi) is 4.89. The Morgan fingerprint density at radius 1 is 1.21 bits per heavy atom. The van der Waals surface area contributed by atoms with Gasteiger partial charge in [0.05, 0.1) is 18.2 Å². The van der Waals surface area contributed by atoms with E-state index in [-0.39, 0.29) is 24.1 Å². The molecule has 1 aromatic heterocycles. The number of carbonyl (C=O) groups is 1. The van der Waals surface area contributed by atoms with Gasteiger partial charge in [0.15, 0.2) is 0 Å². The van der Waals surface area contributed by atoms with Crippen molar-refractivity contribution in [1.82, 2.24) is 4.57 Å². The smallest absolute Gasteiger partial charge is 0.341 e. The molecule has 1 aliphatic carbocycles. The Morgan fingerprint density at radius 2 is 1.89 bits per heavy atom. The lowest BCUT2D eigenvalue weighted by Crippen LogP contribution is -2.39. The zero-order chi connectivity index (χ0) is 20.0. The minimum absolute atomic E-state index is 0.102. The highest BCUT2D eigenvalue weighted by atomic mass is 16.4. The van der Waals surface area contributed by atoms with Crippen LogP contribution in [0.4, 0.5) is 5.69 Å². The lowest BCUT2D eigenvalue weighted by atomic mass is 9.91. The summed E-state index contributed by atoms with van der Waals surface area (Å²) in [5.74, 6) is -1.09. The number of hydrogen-bond acceptors (Lipinski definition) is 5. The summed E-state index contributed by atoms with van der Waals surface area (Å²) in [5, 5.41) is 28.9. The van der Waals surface area contributed by atoms with E-state index in [0.717, 1.165) is 55.5 Å². The monoisotopic (exact) mass is 386 g/mol. The van der Waals surface area contributed by atoms with E-state index in [0.29, 0.717) is 5.39 Å². The predicted octanol–water partition coefficient (Wildman–Crippen LogP) is 1.91. The first kappa shape index (κ1) is 19.0. The van der Waals surface area contributed by atoms with Gasteiger partial charge in [-0.05, 0) is 56.2 Å². The fourth-order valence-corrected chi connectivity index (χ4v) is 4.42. The Balaban J connectivity index is 1.75. The number of anilines is 1. The molecule has 7 nitrogen and oxygen atoms in total. The largest absolute Gasteiger partial charge is 0.477 e. The maximum absolute atomic E-state index is 12.7. The summed E-state index contributed by atoms with van der Waals surface area (Å²) in [6, 6.07) is 3.91. The van der Waals surface area contributed by atoms with Crippen LogP contribution in [0.3, 0.4) is 0 Å². The molecule has 0 amide bonds. The van der Waals surface area contributed by atoms with Gasteiger partial charge in [-0.25, -0.2) is 4.79 Å². The van der Waals surface area contributed by atoms with Crippen LogP contribution in [0.15, 0.2) is 23.1 Å². The fraction of sp³-hybridized carbons (Fsp3) is 0.524. The first-order valence-corrected chi connectivity index (χ1v) is 9.88. The van der Waals surface area contributed by atoms with Crippen molar-refractivity contribution in [2.45, 2.75) is 44.8 Å². The molecular weight excluding hydrogens is 360 g/mol. The fourth-order valence-electron chi connectivity index (χ4n) is 4.42. The molecule has 150 valence electrons. The first-order valence-electron chi connectivity index (χ1n) is 9.88. The molecule has 2 aliphatic rings. The minimum atomic E-state index is -1.19. The van der Waals surface area contributed by atoms with Crippen molar-refractivity contribution in [1.29, 1.82) is 0 Å². The Labute approximate surface area is 162 Å². The average Bonchev–Trinajstić information content (AvgIpc) is 3.53. The summed E-state index contributed by atoms with van der Waals surface area (Å²) in [4.78, 5) is 26.5. The molecule has 28 heavy (non-hydrogen) atoms. The number of aryl methyl sites for hydroxylation is 1. The van der Waals surface area contributed by atoms with Gasteiger partial charge in [0.1, 0.15) is 5.56 Å². The van der Waals surface area contributed by atoms with E-state index in [9.17, 15) is 24.9 Å². The van der Waals surface area contributed by atoms with Crippen LogP contribution in [0.2, 0.25) is 0 Å². The molecule has 0 spiro atoms. The minimum Gasteiger partial charge on any atom is -0.477 e. The molecule has 2 fully saturated rings. The maximum atomic E-state index is 12.7. The molecule has 3 N–H and O–H groups in total. The number of nitrogens with zero attached hydrogens (tertiary/aromatic N) is 2. The van der Waals surface area contributed by atoms with Gasteiger partial charge in [-0.1, -0.05) is 0 Å². The van der Waals surface area contributed by atoms with E-state index in [2.05, 4.69) is 4.90 Å². The van der Waals surface area contributed by atoms with Gasteiger partial charge in [0.25, 0.3) is 0 Å². The third kappa shape index (κ3) is 3.18. The number of pyridine rings is 1. The van der Waals surface area contributed by atoms with Crippen molar-refractivity contribution in [2.24, 2.45) is 5.92 Å². The average molecular weight is 386 g/mol. The van der Waals surface area contributed by atoms with Crippen LogP contribution in [0.5, 0.6) is 0 Å². The highest BCUT2D eigenvalue weighted by Crippen LogP contribution is 2.39. The van der Waals surface area contributed by atoms with Gasteiger partial charge in [-0.3, -0.25) is 4.79 Å². The molecule has 2 aromatic rings. The number of aromatic carboxylic acids is 1. The van der Waals surface area contributed by atoms with E-state index in [1.165, 1.54) is 6.20 Å². The van der Waals surface area contributed by atoms with Crippen LogP contribution in [0.1, 0.15) is 47.6 Å². The zero-order valence-electron chi connectivity index (χ0n) is 16.0. The summed E-state index contributed by atoms with van der Waals surface area (Å²) in [6.07, 6.45) is 4.41. The van der Waals surface area contributed by atoms with Crippen LogP contribution in [-0.2, 0) is 0 Å². The SMILES string of the molecule is Cc1c(N2CCC(C(O)CO)CC2)ccc2c(=O)c(C(=O)O)cn(C3CC3)c12. The van der Waals surface area contributed by atoms with Crippen molar-refractivity contribution >= 4 is 22.6 Å². The van der Waals surface area contributed by atoms with Crippen LogP contribution < -0.4 is 10.3 Å². The second-order valence-corrected chi connectivity index (χ2v) is 8.00. The summed E-state index contributed by atoms with van der Waals surface area (Å²) < 4.78 is 1.97. The molecule has 0 bridgehead atoms. The van der Waals surface area contributed by atoms with Gasteiger partial charge >= 0.3 is 5.97 Å². The number of rotatable bonds is 5. The van der Waals surface area contributed by atoms with Crippen molar-refractivity contribution in [3.63, 3.8) is 0 Å². The van der Waals surface area contributed by atoms with Crippen molar-refractivity contribution in [3.8, 4) is 0 Å². The van der Waals surface area contributed by atoms with Gasteiger partial charge in [-0.2, -0.15) is 0 Å². The third-order valence-corrected chi connectivity index (χ3v) is 6.20. The van der Waals surface area contributed by atoms with E-state index in [4.69, 9.17) is 0 Å². The molecule has 1 aromatic carbocycles. The Bertz CT molecular complexity index is 971. The molecule has 1 aliphatic heterocycles. The predicted molar refractivity (Wildman–Crippen MR) is 106 cm³/mol. The number of piperidine rings is 1. The number of aliphatic hydroxyl groups excluding tert-OH is 2. The third-order valence-electron chi connectivity index (χ3n) is 6.20. The van der Waals surface area contributed by atoms with Crippen molar-refractivity contribution in [3.05, 3.63) is 39.7 Å². The molecular formula is C21H26N2O5. The van der Waals surface area contributed by atoms with Gasteiger partial charge < -0.3 is 24.8 Å². The lowest BCUT2D eigenvalue weighted by molar-refractivity contribution is 0.0377. The van der Waals surface area contributed by atoms with Crippen LogP contribution in [0, 0.1) is 12.8 Å². The van der Waals surface area contributed by atoms with Gasteiger partial charge in [-0.15, -0.1) is 0 Å². The molecule has 4 rings (SSSR count). The van der Waals surface area contributed by atoms with Crippen LogP contribution in [0.25, 0.3) is 10.9 Å². The van der Waals surface area contributed by atoms with Gasteiger partial charge in [0, 0.05) is 36.4 Å². The second kappa shape index (κ2) is 7.22. The maximum Gasteiger partial charge on any atom is 0.341 e. The van der Waals surface area contributed by atoms with E-state index < -0.39 is 17.5 Å². The second-order valence-electron chi connectivity index (χ2n) is 8.00. The number of hydrogen-bond donors (Lipinski definition) is 3. The number of benzene rings is 1. The van der Waals surface area contributed by atoms with Gasteiger partial charge in [0.2, 0.25) is 5.43 Å². The Hall–Kier alpha value is -2.38. The highest BCUT2D eigenvalue weighted by molar-refractivity contribution is 5.95. The van der Waals surface area contributed by atoms with E-state index in [1.807, 2.05) is 17.6 Å². The highest BCUT2D eigenvalue weighted by Gasteiger charge is 2.29. The number of aliphatic hydroxyl groups is 2. The standard InChI is InChI=1S/C21H26N2O5/c1-12-17(22-8-6-13(7-9-22)18(25)11-24)5-4-15-19(12)23(14-2-3-14)10-16(20(15)26)21(27)28/h4-5,10,13-14,18,24-25H,2-3,6-9,11H2,1H3,(H,27,28). The molecule has 7 heteroatoms. The molecule has 1 unspecified atom stereocenters. The van der Waals surface area contributed by atoms with Crippen molar-refractivity contribution < 1.29 is 20.1 Å². The topological polar surface area (TPSA) is 103 Å². The number of carboxylic acids is 1.